The highest BCUT2D eigenvalue weighted by Crippen LogP contribution is 2.30. The van der Waals surface area contributed by atoms with Gasteiger partial charge in [0.15, 0.2) is 0 Å². The van der Waals surface area contributed by atoms with Gasteiger partial charge in [-0.05, 0) is 65.8 Å². The average molecular weight is 464 g/mol. The molecule has 1 saturated carbocycles. The Hall–Kier alpha value is -1.93. The summed E-state index contributed by atoms with van der Waals surface area (Å²) in [6.45, 7) is 0. The van der Waals surface area contributed by atoms with E-state index in [-0.39, 0.29) is 0 Å². The molecule has 126 valence electrons. The van der Waals surface area contributed by atoms with Crippen molar-refractivity contribution in [1.82, 2.24) is 15.0 Å². The van der Waals surface area contributed by atoms with Crippen molar-refractivity contribution < 1.29 is 0 Å². The minimum atomic E-state index is 0.474. The number of nitrogens with one attached hydrogen (secondary N) is 2. The van der Waals surface area contributed by atoms with Crippen molar-refractivity contribution in [1.29, 1.82) is 0 Å². The van der Waals surface area contributed by atoms with Gasteiger partial charge in [-0.15, -0.1) is 0 Å². The molecule has 1 aliphatic rings. The quantitative estimate of drug-likeness (QED) is 0.515. The smallest absolute Gasteiger partial charge is 0.225 e. The molecule has 0 aliphatic heterocycles. The van der Waals surface area contributed by atoms with E-state index in [4.69, 9.17) is 11.6 Å². The molecule has 2 N–H and O–H groups in total. The molecule has 2 aromatic heterocycles. The number of pyridine rings is 1. The van der Waals surface area contributed by atoms with Crippen LogP contribution in [0.2, 0.25) is 5.02 Å². The Morgan fingerprint density at radius 1 is 1.04 bits per heavy atom. The molecule has 25 heavy (non-hydrogen) atoms. The first kappa shape index (κ1) is 16.5. The summed E-state index contributed by atoms with van der Waals surface area (Å²) in [5.74, 6) is 1.33. The summed E-state index contributed by atoms with van der Waals surface area (Å²) in [4.78, 5) is 13.3. The normalized spacial score (nSPS) is 13.5. The maximum absolute atomic E-state index is 6.34. The van der Waals surface area contributed by atoms with Crippen LogP contribution in [0.4, 0.5) is 17.5 Å². The van der Waals surface area contributed by atoms with Crippen LogP contribution in [0.5, 0.6) is 0 Å². The highest BCUT2D eigenvalue weighted by Gasteiger charge is 2.22. The lowest BCUT2D eigenvalue weighted by molar-refractivity contribution is 1.06. The molecule has 0 bridgehead atoms. The van der Waals surface area contributed by atoms with Gasteiger partial charge < -0.3 is 10.6 Å². The Balaban J connectivity index is 1.70. The lowest BCUT2D eigenvalue weighted by Gasteiger charge is -2.12. The summed E-state index contributed by atoms with van der Waals surface area (Å²) in [6.07, 6.45) is 5.84. The Bertz CT molecular complexity index is 899. The van der Waals surface area contributed by atoms with E-state index in [1.165, 1.54) is 0 Å². The van der Waals surface area contributed by atoms with Gasteiger partial charge in [-0.1, -0.05) is 11.6 Å². The van der Waals surface area contributed by atoms with Gasteiger partial charge in [-0.3, -0.25) is 4.98 Å². The molecule has 1 fully saturated rings. The zero-order valence-corrected chi connectivity index (χ0v) is 16.1. The molecule has 0 radical (unpaired) electrons. The standard InChI is InChI=1S/C18H15ClIN5/c19-14-9-12(20)1-4-15(14)23-17-10-16(11-5-7-21-8-6-11)24-18(25-17)22-13-2-3-13/h1,4-10,13H,2-3H2,(H2,22,23,24,25). The van der Waals surface area contributed by atoms with Gasteiger partial charge in [-0.25, -0.2) is 4.98 Å². The van der Waals surface area contributed by atoms with Crippen LogP contribution in [-0.4, -0.2) is 21.0 Å². The number of halogens is 2. The first-order valence-corrected chi connectivity index (χ1v) is 9.41. The number of rotatable bonds is 5. The largest absolute Gasteiger partial charge is 0.351 e. The first-order chi connectivity index (χ1) is 12.2. The fourth-order valence-corrected chi connectivity index (χ4v) is 3.29. The van der Waals surface area contributed by atoms with E-state index in [0.29, 0.717) is 22.8 Å². The molecule has 0 atom stereocenters. The number of benzene rings is 1. The van der Waals surface area contributed by atoms with E-state index < -0.39 is 0 Å². The third kappa shape index (κ3) is 4.19. The predicted octanol–water partition coefficient (Wildman–Crippen LogP) is 5.11. The SMILES string of the molecule is Clc1cc(I)ccc1Nc1cc(-c2ccncc2)nc(NC2CC2)n1. The predicted molar refractivity (Wildman–Crippen MR) is 109 cm³/mol. The number of nitrogens with zero attached hydrogens (tertiary/aromatic N) is 3. The Labute approximate surface area is 164 Å². The fourth-order valence-electron chi connectivity index (χ4n) is 2.39. The molecule has 1 aromatic carbocycles. The van der Waals surface area contributed by atoms with Gasteiger partial charge >= 0.3 is 0 Å². The van der Waals surface area contributed by atoms with Crippen molar-refractivity contribution in [2.45, 2.75) is 18.9 Å². The number of hydrogen-bond acceptors (Lipinski definition) is 5. The average Bonchev–Trinajstić information content (AvgIpc) is 3.42. The summed E-state index contributed by atoms with van der Waals surface area (Å²) < 4.78 is 1.09. The molecule has 4 rings (SSSR count). The van der Waals surface area contributed by atoms with E-state index in [1.807, 2.05) is 36.4 Å². The second-order valence-corrected chi connectivity index (χ2v) is 7.52. The van der Waals surface area contributed by atoms with Crippen LogP contribution in [0.3, 0.4) is 0 Å². The summed E-state index contributed by atoms with van der Waals surface area (Å²) in [5.41, 5.74) is 2.65. The highest BCUT2D eigenvalue weighted by molar-refractivity contribution is 14.1. The zero-order valence-electron chi connectivity index (χ0n) is 13.2. The lowest BCUT2D eigenvalue weighted by atomic mass is 10.2. The van der Waals surface area contributed by atoms with E-state index >= 15 is 0 Å². The van der Waals surface area contributed by atoms with Gasteiger partial charge in [0.25, 0.3) is 0 Å². The summed E-state index contributed by atoms with van der Waals surface area (Å²) >= 11 is 8.57. The maximum Gasteiger partial charge on any atom is 0.225 e. The van der Waals surface area contributed by atoms with Gasteiger partial charge in [0.2, 0.25) is 5.95 Å². The Morgan fingerprint density at radius 3 is 2.56 bits per heavy atom. The Kier molecular flexibility index (Phi) is 4.72. The molecule has 3 aromatic rings. The van der Waals surface area contributed by atoms with E-state index in [2.05, 4.69) is 48.2 Å². The second kappa shape index (κ2) is 7.13. The molecule has 7 heteroatoms. The van der Waals surface area contributed by atoms with E-state index in [1.54, 1.807) is 12.4 Å². The van der Waals surface area contributed by atoms with Crippen LogP contribution in [0.1, 0.15) is 12.8 Å². The van der Waals surface area contributed by atoms with Crippen molar-refractivity contribution in [3.8, 4) is 11.3 Å². The number of hydrogen-bond donors (Lipinski definition) is 2. The Morgan fingerprint density at radius 2 is 1.84 bits per heavy atom. The van der Waals surface area contributed by atoms with Crippen molar-refractivity contribution in [2.24, 2.45) is 0 Å². The zero-order chi connectivity index (χ0) is 17.2. The van der Waals surface area contributed by atoms with Crippen LogP contribution in [0, 0.1) is 3.57 Å². The summed E-state index contributed by atoms with van der Waals surface area (Å²) in [7, 11) is 0. The fraction of sp³-hybridized carbons (Fsp3) is 0.167. The monoisotopic (exact) mass is 463 g/mol. The van der Waals surface area contributed by atoms with Gasteiger partial charge in [-0.2, -0.15) is 4.98 Å². The first-order valence-electron chi connectivity index (χ1n) is 7.95. The summed E-state index contributed by atoms with van der Waals surface area (Å²) in [6, 6.07) is 12.1. The number of anilines is 3. The topological polar surface area (TPSA) is 62.7 Å². The second-order valence-electron chi connectivity index (χ2n) is 5.87. The summed E-state index contributed by atoms with van der Waals surface area (Å²) in [5, 5.41) is 7.33. The van der Waals surface area contributed by atoms with E-state index in [0.717, 1.165) is 33.4 Å². The molecule has 0 saturated heterocycles. The molecule has 0 unspecified atom stereocenters. The van der Waals surface area contributed by atoms with Gasteiger partial charge in [0.1, 0.15) is 5.82 Å². The van der Waals surface area contributed by atoms with Gasteiger partial charge in [0, 0.05) is 33.6 Å². The van der Waals surface area contributed by atoms with Crippen molar-refractivity contribution in [2.75, 3.05) is 10.6 Å². The van der Waals surface area contributed by atoms with Crippen molar-refractivity contribution in [3.05, 3.63) is 57.4 Å². The number of aromatic nitrogens is 3. The van der Waals surface area contributed by atoms with Crippen molar-refractivity contribution in [3.63, 3.8) is 0 Å². The minimum Gasteiger partial charge on any atom is -0.351 e. The van der Waals surface area contributed by atoms with Crippen molar-refractivity contribution >= 4 is 51.6 Å². The lowest BCUT2D eigenvalue weighted by Crippen LogP contribution is -2.08. The van der Waals surface area contributed by atoms with Crippen LogP contribution in [-0.2, 0) is 0 Å². The molecule has 2 heterocycles. The molecular weight excluding hydrogens is 449 g/mol. The maximum atomic E-state index is 6.34. The molecule has 5 nitrogen and oxygen atoms in total. The van der Waals surface area contributed by atoms with Crippen LogP contribution in [0.25, 0.3) is 11.3 Å². The third-order valence-corrected chi connectivity index (χ3v) is 4.79. The minimum absolute atomic E-state index is 0.474. The highest BCUT2D eigenvalue weighted by atomic mass is 127. The molecular formula is C18H15ClIN5. The van der Waals surface area contributed by atoms with Gasteiger partial charge in [0.05, 0.1) is 16.4 Å². The van der Waals surface area contributed by atoms with Crippen LogP contribution >= 0.6 is 34.2 Å². The van der Waals surface area contributed by atoms with Crippen LogP contribution < -0.4 is 10.6 Å². The molecule has 0 amide bonds. The third-order valence-electron chi connectivity index (χ3n) is 3.81. The van der Waals surface area contributed by atoms with E-state index in [9.17, 15) is 0 Å². The molecule has 1 aliphatic carbocycles. The van der Waals surface area contributed by atoms with Crippen LogP contribution in [0.15, 0.2) is 48.8 Å². The molecule has 0 spiro atoms.